The number of allylic oxidation sites excluding steroid dienone is 2. The maximum Gasteiger partial charge on any atom is 0.416 e. The minimum absolute atomic E-state index is 0.0125. The minimum atomic E-state index is -4.42. The van der Waals surface area contributed by atoms with Crippen molar-refractivity contribution in [3.63, 3.8) is 0 Å². The van der Waals surface area contributed by atoms with Gasteiger partial charge in [-0.3, -0.25) is 4.79 Å². The van der Waals surface area contributed by atoms with Gasteiger partial charge < -0.3 is 15.2 Å². The predicted molar refractivity (Wildman–Crippen MR) is 132 cm³/mol. The molecule has 0 bridgehead atoms. The van der Waals surface area contributed by atoms with Crippen LogP contribution in [-0.2, 0) is 27.1 Å². The van der Waals surface area contributed by atoms with E-state index in [9.17, 15) is 27.9 Å². The molecular weight excluding hydrogens is 491 g/mol. The second-order valence-corrected chi connectivity index (χ2v) is 11.4. The quantitative estimate of drug-likeness (QED) is 0.412. The van der Waals surface area contributed by atoms with Crippen LogP contribution in [-0.4, -0.2) is 28.3 Å². The number of fused-ring (bicyclic) bond motifs is 1. The zero-order valence-corrected chi connectivity index (χ0v) is 21.2. The zero-order valence-electron chi connectivity index (χ0n) is 20.4. The van der Waals surface area contributed by atoms with E-state index in [4.69, 9.17) is 4.74 Å². The Morgan fingerprint density at radius 2 is 1.86 bits per heavy atom. The molecule has 1 amide bonds. The molecule has 1 aromatic carbocycles. The highest BCUT2D eigenvalue weighted by molar-refractivity contribution is 8.04. The molecule has 1 fully saturated rings. The Balaban J connectivity index is 1.61. The van der Waals surface area contributed by atoms with Gasteiger partial charge in [0.2, 0.25) is 0 Å². The molecule has 2 unspecified atom stereocenters. The Morgan fingerprint density at radius 1 is 1.19 bits per heavy atom. The number of hydrogen-bond acceptors (Lipinski definition) is 4. The Kier molecular flexibility index (Phi) is 7.33. The van der Waals surface area contributed by atoms with Gasteiger partial charge in [0.05, 0.1) is 17.1 Å². The summed E-state index contributed by atoms with van der Waals surface area (Å²) in [6, 6.07) is 3.63. The first kappa shape index (κ1) is 26.4. The van der Waals surface area contributed by atoms with Gasteiger partial charge in [0.15, 0.2) is 0 Å². The molecule has 9 heteroatoms. The van der Waals surface area contributed by atoms with Gasteiger partial charge in [-0.25, -0.2) is 4.79 Å². The monoisotopic (exact) mass is 521 g/mol. The van der Waals surface area contributed by atoms with Crippen LogP contribution < -0.4 is 5.32 Å². The standard InChI is InChI=1S/C27H30F3NO4S/c1-4-26(2,3)23(25(33)34)31-24(32)18-11-12-20-19(13-21(36-20)16-7-8-16)22(18)35-14-15-5-9-17(10-6-15)27(28,29)30/h5-6,9-13,16,19-20,23H,4,7-8,14H2,1-3H3,(H,31,32)(H,33,34)/t19?,20?,23-/m1/s1. The van der Waals surface area contributed by atoms with E-state index in [-0.39, 0.29) is 23.3 Å². The highest BCUT2D eigenvalue weighted by Gasteiger charge is 2.42. The van der Waals surface area contributed by atoms with E-state index in [1.807, 2.05) is 13.0 Å². The average molecular weight is 522 g/mol. The zero-order chi connectivity index (χ0) is 26.3. The molecule has 36 heavy (non-hydrogen) atoms. The van der Waals surface area contributed by atoms with Crippen LogP contribution in [0.2, 0.25) is 0 Å². The number of amides is 1. The number of benzene rings is 1. The van der Waals surface area contributed by atoms with E-state index < -0.39 is 35.1 Å². The molecule has 2 aliphatic carbocycles. The fourth-order valence-electron chi connectivity index (χ4n) is 4.30. The fourth-order valence-corrected chi connectivity index (χ4v) is 5.77. The summed E-state index contributed by atoms with van der Waals surface area (Å²) in [6.45, 7) is 5.42. The third kappa shape index (κ3) is 5.66. The number of aliphatic carboxylic acids is 1. The number of carbonyl (C=O) groups excluding carboxylic acids is 1. The lowest BCUT2D eigenvalue weighted by Gasteiger charge is -2.32. The summed E-state index contributed by atoms with van der Waals surface area (Å²) in [5.41, 5.74) is -0.635. The number of alkyl halides is 3. The number of carbonyl (C=O) groups is 2. The summed E-state index contributed by atoms with van der Waals surface area (Å²) in [5, 5.41) is 12.5. The largest absolute Gasteiger partial charge is 0.492 e. The Morgan fingerprint density at radius 3 is 2.42 bits per heavy atom. The van der Waals surface area contributed by atoms with E-state index in [2.05, 4.69) is 11.4 Å². The van der Waals surface area contributed by atoms with Crippen LogP contribution in [0.15, 0.2) is 58.7 Å². The summed E-state index contributed by atoms with van der Waals surface area (Å²) in [7, 11) is 0. The van der Waals surface area contributed by atoms with E-state index in [0.29, 0.717) is 23.7 Å². The molecule has 3 atom stereocenters. The number of nitrogens with one attached hydrogen (secondary N) is 1. The van der Waals surface area contributed by atoms with E-state index in [1.165, 1.54) is 17.0 Å². The molecule has 5 nitrogen and oxygen atoms in total. The van der Waals surface area contributed by atoms with Crippen molar-refractivity contribution >= 4 is 23.6 Å². The van der Waals surface area contributed by atoms with E-state index in [0.717, 1.165) is 25.0 Å². The minimum Gasteiger partial charge on any atom is -0.492 e. The van der Waals surface area contributed by atoms with Gasteiger partial charge in [0.1, 0.15) is 18.4 Å². The van der Waals surface area contributed by atoms with Gasteiger partial charge in [-0.2, -0.15) is 13.2 Å². The molecule has 0 radical (unpaired) electrons. The smallest absolute Gasteiger partial charge is 0.416 e. The van der Waals surface area contributed by atoms with Gasteiger partial charge in [0, 0.05) is 5.25 Å². The number of halogens is 3. The summed E-state index contributed by atoms with van der Waals surface area (Å²) >= 11 is 1.75. The molecule has 4 rings (SSSR count). The number of thioether (sulfide) groups is 1. The summed E-state index contributed by atoms with van der Waals surface area (Å²) in [5.74, 6) is -0.911. The fraction of sp³-hybridized carbons (Fsp3) is 0.481. The van der Waals surface area contributed by atoms with Crippen molar-refractivity contribution in [2.24, 2.45) is 17.3 Å². The Labute approximate surface area is 212 Å². The molecular formula is C27H30F3NO4S. The average Bonchev–Trinajstić information content (AvgIpc) is 3.58. The molecule has 3 aliphatic rings. The van der Waals surface area contributed by atoms with Gasteiger partial charge >= 0.3 is 12.1 Å². The number of hydrogen-bond donors (Lipinski definition) is 2. The predicted octanol–water partition coefficient (Wildman–Crippen LogP) is 6.08. The van der Waals surface area contributed by atoms with Gasteiger partial charge in [-0.05, 0) is 59.3 Å². The lowest BCUT2D eigenvalue weighted by atomic mass is 9.81. The van der Waals surface area contributed by atoms with Crippen LogP contribution in [0.1, 0.15) is 51.2 Å². The van der Waals surface area contributed by atoms with E-state index >= 15 is 0 Å². The van der Waals surface area contributed by atoms with Crippen molar-refractivity contribution in [3.8, 4) is 0 Å². The highest BCUT2D eigenvalue weighted by Crippen LogP contribution is 2.53. The molecule has 1 aromatic rings. The Bertz CT molecular complexity index is 1120. The molecule has 0 spiro atoms. The van der Waals surface area contributed by atoms with Crippen LogP contribution >= 0.6 is 11.8 Å². The number of carboxylic acid groups (broad SMARTS) is 1. The SMILES string of the molecule is CCC(C)(C)[C@H](NC(=O)C1=C(OCc2ccc(C(F)(F)F)cc2)C2C=C(C3CC3)SC2C=C1)C(=O)O. The third-order valence-electron chi connectivity index (χ3n) is 7.11. The first-order valence-corrected chi connectivity index (χ1v) is 12.9. The first-order valence-electron chi connectivity index (χ1n) is 12.0. The topological polar surface area (TPSA) is 75.6 Å². The van der Waals surface area contributed by atoms with Crippen LogP contribution in [0.4, 0.5) is 13.2 Å². The van der Waals surface area contributed by atoms with Crippen LogP contribution in [0.3, 0.4) is 0 Å². The van der Waals surface area contributed by atoms with Crippen molar-refractivity contribution < 1.29 is 32.6 Å². The maximum atomic E-state index is 13.4. The Hall–Kier alpha value is -2.68. The lowest BCUT2D eigenvalue weighted by Crippen LogP contribution is -2.50. The van der Waals surface area contributed by atoms with Gasteiger partial charge in [-0.15, -0.1) is 11.8 Å². The molecule has 194 valence electrons. The van der Waals surface area contributed by atoms with Crippen molar-refractivity contribution in [3.05, 3.63) is 69.9 Å². The molecule has 1 heterocycles. The molecule has 0 saturated heterocycles. The molecule has 2 N–H and O–H groups in total. The second-order valence-electron chi connectivity index (χ2n) is 10.2. The number of rotatable bonds is 9. The summed E-state index contributed by atoms with van der Waals surface area (Å²) in [6.07, 6.45) is 4.13. The van der Waals surface area contributed by atoms with Crippen molar-refractivity contribution in [1.29, 1.82) is 0 Å². The van der Waals surface area contributed by atoms with Crippen LogP contribution in [0, 0.1) is 17.3 Å². The van der Waals surface area contributed by atoms with Gasteiger partial charge in [0.25, 0.3) is 5.91 Å². The first-order chi connectivity index (χ1) is 16.9. The van der Waals surface area contributed by atoms with Crippen molar-refractivity contribution in [2.45, 2.75) is 64.1 Å². The lowest BCUT2D eigenvalue weighted by molar-refractivity contribution is -0.144. The molecule has 1 aliphatic heterocycles. The molecule has 1 saturated carbocycles. The second kappa shape index (κ2) is 10.00. The van der Waals surface area contributed by atoms with Crippen molar-refractivity contribution in [1.82, 2.24) is 5.32 Å². The highest BCUT2D eigenvalue weighted by atomic mass is 32.2. The normalized spacial score (nSPS) is 22.7. The van der Waals surface area contributed by atoms with Gasteiger partial charge in [-0.1, -0.05) is 45.1 Å². The summed E-state index contributed by atoms with van der Waals surface area (Å²) in [4.78, 5) is 26.6. The van der Waals surface area contributed by atoms with Crippen LogP contribution in [0.5, 0.6) is 0 Å². The van der Waals surface area contributed by atoms with Crippen LogP contribution in [0.25, 0.3) is 0 Å². The summed E-state index contributed by atoms with van der Waals surface area (Å²) < 4.78 is 44.9. The molecule has 0 aromatic heterocycles. The van der Waals surface area contributed by atoms with Crippen molar-refractivity contribution in [2.75, 3.05) is 0 Å². The maximum absolute atomic E-state index is 13.4. The number of carboxylic acids is 1. The van der Waals surface area contributed by atoms with E-state index in [1.54, 1.807) is 31.7 Å². The third-order valence-corrected chi connectivity index (χ3v) is 8.57. The number of ether oxygens (including phenoxy) is 1.